The average Bonchev–Trinajstić information content (AvgIpc) is 3.53. The number of imidazole rings is 1. The largest absolute Gasteiger partial charge is 0.422 e. The fourth-order valence-electron chi connectivity index (χ4n) is 8.78. The number of hydrogen-bond donors (Lipinski definition) is 0. The van der Waals surface area contributed by atoms with Crippen molar-refractivity contribution in [3.05, 3.63) is 112 Å². The zero-order valence-corrected chi connectivity index (χ0v) is 25.9. The number of para-hydroxylation sites is 3. The first-order valence-corrected chi connectivity index (χ1v) is 16.6. The van der Waals surface area contributed by atoms with Gasteiger partial charge in [0, 0.05) is 36.6 Å². The molecule has 3 aliphatic rings. The van der Waals surface area contributed by atoms with Gasteiger partial charge < -0.3 is 13.9 Å². The zero-order valence-electron chi connectivity index (χ0n) is 25.9. The summed E-state index contributed by atoms with van der Waals surface area (Å²) in [5, 5.41) is 0.769. The van der Waals surface area contributed by atoms with E-state index in [0.717, 1.165) is 42.5 Å². The van der Waals surface area contributed by atoms with E-state index in [1.54, 1.807) is 12.1 Å². The van der Waals surface area contributed by atoms with Crippen LogP contribution >= 0.6 is 0 Å². The molecule has 5 heterocycles. The number of nitrogens with zero attached hydrogens (tertiary/aromatic N) is 4. The fourth-order valence-corrected chi connectivity index (χ4v) is 8.78. The molecule has 0 saturated carbocycles. The Morgan fingerprint density at radius 1 is 0.889 bits per heavy atom. The van der Waals surface area contributed by atoms with Gasteiger partial charge in [0.05, 0.1) is 11.0 Å². The van der Waals surface area contributed by atoms with Crippen LogP contribution in [0, 0.1) is 6.92 Å². The number of benzene rings is 3. The fraction of sp³-hybridized carbons (Fsp3) is 0.395. The molecule has 8 rings (SSSR count). The molecule has 7 nitrogen and oxygen atoms in total. The Bertz CT molecular complexity index is 1910. The van der Waals surface area contributed by atoms with E-state index in [0.29, 0.717) is 36.8 Å². The smallest absolute Gasteiger partial charge is 0.349 e. The molecule has 230 valence electrons. The number of carbonyl (C=O) groups excluding carboxylic acids is 1. The summed E-state index contributed by atoms with van der Waals surface area (Å²) in [5.74, 6) is 0.901. The molecule has 3 fully saturated rings. The lowest BCUT2D eigenvalue weighted by molar-refractivity contribution is 0.0603. The molecule has 3 saturated heterocycles. The molecular weight excluding hydrogens is 560 g/mol. The van der Waals surface area contributed by atoms with Crippen LogP contribution in [-0.2, 0) is 5.41 Å². The molecule has 0 aliphatic carbocycles. The van der Waals surface area contributed by atoms with Gasteiger partial charge in [-0.3, -0.25) is 9.69 Å². The Morgan fingerprint density at radius 3 is 2.36 bits per heavy atom. The number of carbonyl (C=O) groups is 1. The maximum atomic E-state index is 13.6. The molecule has 2 bridgehead atoms. The highest BCUT2D eigenvalue weighted by Gasteiger charge is 2.44. The molecule has 1 amide bonds. The monoisotopic (exact) mass is 600 g/mol. The number of aryl methyl sites for hydroxylation is 1. The van der Waals surface area contributed by atoms with E-state index >= 15 is 0 Å². The maximum Gasteiger partial charge on any atom is 0.349 e. The lowest BCUT2D eigenvalue weighted by Gasteiger charge is -2.45. The van der Waals surface area contributed by atoms with Crippen molar-refractivity contribution in [3.8, 4) is 0 Å². The third-order valence-corrected chi connectivity index (χ3v) is 11.1. The van der Waals surface area contributed by atoms with Gasteiger partial charge in [-0.15, -0.1) is 0 Å². The van der Waals surface area contributed by atoms with Crippen LogP contribution < -0.4 is 5.63 Å². The van der Waals surface area contributed by atoms with E-state index < -0.39 is 5.63 Å². The molecule has 3 aromatic carbocycles. The van der Waals surface area contributed by atoms with Gasteiger partial charge in [-0.2, -0.15) is 0 Å². The second-order valence-electron chi connectivity index (χ2n) is 13.4. The molecule has 3 atom stereocenters. The summed E-state index contributed by atoms with van der Waals surface area (Å²) in [4.78, 5) is 35.9. The van der Waals surface area contributed by atoms with Gasteiger partial charge >= 0.3 is 5.63 Å². The van der Waals surface area contributed by atoms with Crippen LogP contribution in [0.4, 0.5) is 0 Å². The topological polar surface area (TPSA) is 71.6 Å². The van der Waals surface area contributed by atoms with Crippen LogP contribution in [0.1, 0.15) is 72.7 Å². The highest BCUT2D eigenvalue weighted by molar-refractivity contribution is 5.96. The number of rotatable bonds is 6. The predicted molar refractivity (Wildman–Crippen MR) is 177 cm³/mol. The summed E-state index contributed by atoms with van der Waals surface area (Å²) < 4.78 is 8.00. The molecule has 0 radical (unpaired) electrons. The van der Waals surface area contributed by atoms with Crippen molar-refractivity contribution in [1.29, 1.82) is 0 Å². The molecule has 45 heavy (non-hydrogen) atoms. The van der Waals surface area contributed by atoms with Gasteiger partial charge in [0.1, 0.15) is 17.0 Å². The first-order valence-electron chi connectivity index (χ1n) is 16.6. The third kappa shape index (κ3) is 4.98. The average molecular weight is 601 g/mol. The van der Waals surface area contributed by atoms with Crippen LogP contribution in [0.15, 0.2) is 94.1 Å². The Kier molecular flexibility index (Phi) is 7.09. The molecule has 2 aromatic heterocycles. The van der Waals surface area contributed by atoms with Crippen molar-refractivity contribution >= 4 is 27.9 Å². The maximum absolute atomic E-state index is 13.6. The first kappa shape index (κ1) is 28.3. The minimum absolute atomic E-state index is 0.000475. The van der Waals surface area contributed by atoms with Crippen molar-refractivity contribution in [3.63, 3.8) is 0 Å². The van der Waals surface area contributed by atoms with E-state index in [4.69, 9.17) is 9.40 Å². The second kappa shape index (κ2) is 11.3. The highest BCUT2D eigenvalue weighted by Crippen LogP contribution is 2.45. The zero-order chi connectivity index (χ0) is 30.5. The molecular formula is C38H40N4O3. The normalized spacial score (nSPS) is 23.1. The van der Waals surface area contributed by atoms with Gasteiger partial charge in [-0.1, -0.05) is 60.7 Å². The first-order chi connectivity index (χ1) is 22.0. The minimum Gasteiger partial charge on any atom is -0.422 e. The van der Waals surface area contributed by atoms with E-state index in [9.17, 15) is 9.59 Å². The Balaban J connectivity index is 0.989. The number of amides is 1. The predicted octanol–water partition coefficient (Wildman–Crippen LogP) is 6.88. The standard InChI is InChI=1S/C38H40N4O3/c1-26-39-33-12-6-7-13-34(33)42(26)31-24-29-15-16-30(25-31)41(29)22-19-38(28-10-3-2-4-11-28)17-20-40(21-18-38)36(43)32-23-27-9-5-8-14-35(27)45-37(32)44/h2-14,23,29-31H,15-22,24-25H2,1H3/t29-,30+,31+. The Labute approximate surface area is 263 Å². The summed E-state index contributed by atoms with van der Waals surface area (Å²) in [6.45, 7) is 4.48. The number of fused-ring (bicyclic) bond motifs is 4. The molecule has 3 aliphatic heterocycles. The molecule has 0 N–H and O–H groups in total. The number of piperidine rings is 2. The van der Waals surface area contributed by atoms with Crippen molar-refractivity contribution in [1.82, 2.24) is 19.4 Å². The van der Waals surface area contributed by atoms with E-state index in [1.807, 2.05) is 23.1 Å². The number of likely N-dealkylation sites (tertiary alicyclic amines) is 1. The SMILES string of the molecule is Cc1nc2ccccc2n1[C@H]1C[C@H]2CC[C@@H](C1)N2CCC1(c2ccccc2)CCN(C(=O)c2cc3ccccc3oc2=O)CC1. The van der Waals surface area contributed by atoms with Gasteiger partial charge in [-0.25, -0.2) is 9.78 Å². The van der Waals surface area contributed by atoms with Crippen LogP contribution in [0.2, 0.25) is 0 Å². The molecule has 7 heteroatoms. The highest BCUT2D eigenvalue weighted by atomic mass is 16.4. The van der Waals surface area contributed by atoms with Crippen LogP contribution in [0.5, 0.6) is 0 Å². The number of aromatic nitrogens is 2. The summed E-state index contributed by atoms with van der Waals surface area (Å²) >= 11 is 0. The number of hydrogen-bond acceptors (Lipinski definition) is 5. The minimum atomic E-state index is -0.559. The van der Waals surface area contributed by atoms with Crippen molar-refractivity contribution in [2.45, 2.75) is 75.4 Å². The van der Waals surface area contributed by atoms with Gasteiger partial charge in [0.2, 0.25) is 0 Å². The van der Waals surface area contributed by atoms with Crippen molar-refractivity contribution in [2.75, 3.05) is 19.6 Å². The molecule has 0 unspecified atom stereocenters. The quantitative estimate of drug-likeness (QED) is 0.199. The van der Waals surface area contributed by atoms with Gasteiger partial charge in [0.25, 0.3) is 5.91 Å². The molecule has 5 aromatic rings. The van der Waals surface area contributed by atoms with Crippen LogP contribution in [0.3, 0.4) is 0 Å². The van der Waals surface area contributed by atoms with E-state index in [1.165, 1.54) is 36.8 Å². The summed E-state index contributed by atoms with van der Waals surface area (Å²) in [6.07, 6.45) is 7.71. The van der Waals surface area contributed by atoms with E-state index in [-0.39, 0.29) is 16.9 Å². The van der Waals surface area contributed by atoms with Crippen LogP contribution in [-0.4, -0.2) is 57.0 Å². The van der Waals surface area contributed by atoms with E-state index in [2.05, 4.69) is 71.0 Å². The van der Waals surface area contributed by atoms with Gasteiger partial charge in [-0.05, 0) is 93.7 Å². The van der Waals surface area contributed by atoms with Crippen molar-refractivity contribution in [2.24, 2.45) is 0 Å². The molecule has 0 spiro atoms. The Morgan fingerprint density at radius 2 is 1.58 bits per heavy atom. The summed E-state index contributed by atoms with van der Waals surface area (Å²) in [7, 11) is 0. The third-order valence-electron chi connectivity index (χ3n) is 11.1. The van der Waals surface area contributed by atoms with Crippen LogP contribution in [0.25, 0.3) is 22.0 Å². The Hall–Kier alpha value is -4.23. The van der Waals surface area contributed by atoms with Gasteiger partial charge in [0.15, 0.2) is 0 Å². The van der Waals surface area contributed by atoms with Crippen molar-refractivity contribution < 1.29 is 9.21 Å². The summed E-state index contributed by atoms with van der Waals surface area (Å²) in [5.41, 5.74) is 3.80. The second-order valence-corrected chi connectivity index (χ2v) is 13.4. The lowest BCUT2D eigenvalue weighted by Crippen LogP contribution is -2.49. The lowest BCUT2D eigenvalue weighted by atomic mass is 9.70. The summed E-state index contributed by atoms with van der Waals surface area (Å²) in [6, 6.07) is 30.2.